The van der Waals surface area contributed by atoms with Crippen molar-refractivity contribution >= 4 is 22.6 Å². The predicted molar refractivity (Wildman–Crippen MR) is 92.9 cm³/mol. The molecule has 4 rings (SSSR count). The van der Waals surface area contributed by atoms with Gasteiger partial charge in [-0.15, -0.1) is 0 Å². The highest BCUT2D eigenvalue weighted by atomic mass is 19.1. The zero-order valence-corrected chi connectivity index (χ0v) is 13.7. The quantitative estimate of drug-likeness (QED) is 0.736. The second-order valence-corrected chi connectivity index (χ2v) is 6.15. The van der Waals surface area contributed by atoms with Crippen molar-refractivity contribution in [2.75, 3.05) is 31.1 Å². The Hall–Kier alpha value is -2.89. The minimum absolute atomic E-state index is 0.0535. The van der Waals surface area contributed by atoms with Gasteiger partial charge < -0.3 is 14.3 Å². The largest absolute Gasteiger partial charge is 0.368 e. The van der Waals surface area contributed by atoms with Crippen LogP contribution in [0.3, 0.4) is 0 Å². The molecule has 0 saturated carbocycles. The molecular weight excluding hydrogens is 321 g/mol. The summed E-state index contributed by atoms with van der Waals surface area (Å²) in [5, 5.41) is 4.92. The van der Waals surface area contributed by atoms with Crippen molar-refractivity contribution in [1.29, 1.82) is 0 Å². The van der Waals surface area contributed by atoms with E-state index in [1.807, 2.05) is 29.2 Å². The average molecular weight is 339 g/mol. The third-order valence-corrected chi connectivity index (χ3v) is 4.59. The van der Waals surface area contributed by atoms with Crippen LogP contribution in [0.15, 0.2) is 53.1 Å². The van der Waals surface area contributed by atoms with Gasteiger partial charge in [-0.05, 0) is 36.4 Å². The lowest BCUT2D eigenvalue weighted by Gasteiger charge is -2.36. The van der Waals surface area contributed by atoms with Crippen molar-refractivity contribution in [1.82, 2.24) is 10.1 Å². The average Bonchev–Trinajstić information content (AvgIpc) is 3.06. The molecule has 2 aromatic carbocycles. The Morgan fingerprint density at radius 1 is 1.04 bits per heavy atom. The molecule has 0 unspecified atom stereocenters. The van der Waals surface area contributed by atoms with Gasteiger partial charge in [0.05, 0.1) is 6.42 Å². The van der Waals surface area contributed by atoms with E-state index in [1.54, 1.807) is 12.1 Å². The van der Waals surface area contributed by atoms with E-state index in [-0.39, 0.29) is 18.1 Å². The van der Waals surface area contributed by atoms with Gasteiger partial charge in [0.25, 0.3) is 0 Å². The molecule has 0 atom stereocenters. The van der Waals surface area contributed by atoms with Gasteiger partial charge in [-0.25, -0.2) is 4.39 Å². The number of aromatic nitrogens is 1. The number of carbonyl (C=O) groups excluding carboxylic acids is 1. The molecule has 1 aliphatic rings. The highest BCUT2D eigenvalue weighted by Crippen LogP contribution is 2.20. The molecule has 128 valence electrons. The standard InChI is InChI=1S/C19H18FN3O2/c20-14-5-7-15(8-6-14)22-9-11-23(12-10-22)19(24)13-17-16-3-1-2-4-18(16)25-21-17/h1-8H,9-13H2. The fourth-order valence-electron chi connectivity index (χ4n) is 3.19. The van der Waals surface area contributed by atoms with Crippen LogP contribution in [0.4, 0.5) is 10.1 Å². The highest BCUT2D eigenvalue weighted by molar-refractivity contribution is 5.86. The molecule has 1 fully saturated rings. The van der Waals surface area contributed by atoms with E-state index >= 15 is 0 Å². The number of carbonyl (C=O) groups is 1. The summed E-state index contributed by atoms with van der Waals surface area (Å²) in [6.07, 6.45) is 0.244. The molecule has 6 heteroatoms. The Morgan fingerprint density at radius 2 is 1.76 bits per heavy atom. The van der Waals surface area contributed by atoms with Crippen LogP contribution in [-0.2, 0) is 11.2 Å². The summed E-state index contributed by atoms with van der Waals surface area (Å²) < 4.78 is 18.3. The van der Waals surface area contributed by atoms with Crippen molar-refractivity contribution < 1.29 is 13.7 Å². The lowest BCUT2D eigenvalue weighted by atomic mass is 10.1. The molecule has 1 saturated heterocycles. The number of para-hydroxylation sites is 1. The molecule has 5 nitrogen and oxygen atoms in total. The van der Waals surface area contributed by atoms with Crippen LogP contribution in [0, 0.1) is 5.82 Å². The van der Waals surface area contributed by atoms with E-state index in [4.69, 9.17) is 4.52 Å². The molecule has 0 aliphatic carbocycles. The number of amides is 1. The van der Waals surface area contributed by atoms with E-state index in [9.17, 15) is 9.18 Å². The number of anilines is 1. The van der Waals surface area contributed by atoms with Gasteiger partial charge in [0.15, 0.2) is 5.58 Å². The first-order valence-electron chi connectivity index (χ1n) is 8.32. The van der Waals surface area contributed by atoms with E-state index in [1.165, 1.54) is 12.1 Å². The topological polar surface area (TPSA) is 49.6 Å². The summed E-state index contributed by atoms with van der Waals surface area (Å²) in [5.41, 5.74) is 2.36. The van der Waals surface area contributed by atoms with Gasteiger partial charge in [-0.1, -0.05) is 17.3 Å². The van der Waals surface area contributed by atoms with Crippen LogP contribution in [-0.4, -0.2) is 42.1 Å². The Balaban J connectivity index is 1.39. The van der Waals surface area contributed by atoms with E-state index in [0.29, 0.717) is 24.4 Å². The number of nitrogens with zero attached hydrogens (tertiary/aromatic N) is 3. The predicted octanol–water partition coefficient (Wildman–Crippen LogP) is 2.86. The molecule has 0 bridgehead atoms. The number of fused-ring (bicyclic) bond motifs is 1. The van der Waals surface area contributed by atoms with Gasteiger partial charge in [0, 0.05) is 37.3 Å². The van der Waals surface area contributed by atoms with Crippen molar-refractivity contribution in [3.63, 3.8) is 0 Å². The Morgan fingerprint density at radius 3 is 2.52 bits per heavy atom. The summed E-state index contributed by atoms with van der Waals surface area (Å²) in [7, 11) is 0. The minimum atomic E-state index is -0.239. The smallest absolute Gasteiger partial charge is 0.228 e. The van der Waals surface area contributed by atoms with Gasteiger partial charge in [-0.2, -0.15) is 0 Å². The zero-order valence-electron chi connectivity index (χ0n) is 13.7. The van der Waals surface area contributed by atoms with E-state index < -0.39 is 0 Å². The van der Waals surface area contributed by atoms with E-state index in [0.717, 1.165) is 24.2 Å². The first-order valence-corrected chi connectivity index (χ1v) is 8.32. The van der Waals surface area contributed by atoms with Gasteiger partial charge in [0.2, 0.25) is 5.91 Å². The first kappa shape index (κ1) is 15.6. The molecule has 1 amide bonds. The van der Waals surface area contributed by atoms with Gasteiger partial charge in [0.1, 0.15) is 11.5 Å². The fourth-order valence-corrected chi connectivity index (χ4v) is 3.19. The van der Waals surface area contributed by atoms with Crippen molar-refractivity contribution in [3.05, 3.63) is 60.0 Å². The van der Waals surface area contributed by atoms with Crippen LogP contribution >= 0.6 is 0 Å². The monoisotopic (exact) mass is 339 g/mol. The van der Waals surface area contributed by atoms with Crippen molar-refractivity contribution in [2.24, 2.45) is 0 Å². The first-order chi connectivity index (χ1) is 12.2. The number of rotatable bonds is 3. The lowest BCUT2D eigenvalue weighted by Crippen LogP contribution is -2.49. The number of benzene rings is 2. The SMILES string of the molecule is O=C(Cc1noc2ccccc12)N1CCN(c2ccc(F)cc2)CC1. The van der Waals surface area contributed by atoms with E-state index in [2.05, 4.69) is 10.1 Å². The van der Waals surface area contributed by atoms with Crippen LogP contribution in [0.25, 0.3) is 11.0 Å². The normalized spacial score (nSPS) is 14.9. The molecule has 1 aliphatic heterocycles. The molecule has 25 heavy (non-hydrogen) atoms. The molecule has 3 aromatic rings. The molecule has 0 spiro atoms. The second kappa shape index (κ2) is 6.55. The van der Waals surface area contributed by atoms with Crippen LogP contribution in [0.5, 0.6) is 0 Å². The molecule has 0 radical (unpaired) electrons. The van der Waals surface area contributed by atoms with Gasteiger partial charge >= 0.3 is 0 Å². The second-order valence-electron chi connectivity index (χ2n) is 6.15. The fraction of sp³-hybridized carbons (Fsp3) is 0.263. The van der Waals surface area contributed by atoms with Crippen molar-refractivity contribution in [2.45, 2.75) is 6.42 Å². The lowest BCUT2D eigenvalue weighted by molar-refractivity contribution is -0.130. The molecule has 1 aromatic heterocycles. The number of hydrogen-bond donors (Lipinski definition) is 0. The summed E-state index contributed by atoms with van der Waals surface area (Å²) in [6, 6.07) is 14.0. The maximum absolute atomic E-state index is 13.0. The summed E-state index contributed by atoms with van der Waals surface area (Å²) in [4.78, 5) is 16.6. The third kappa shape index (κ3) is 3.20. The number of halogens is 1. The number of hydrogen-bond acceptors (Lipinski definition) is 4. The Kier molecular flexibility index (Phi) is 4.09. The van der Waals surface area contributed by atoms with Crippen molar-refractivity contribution in [3.8, 4) is 0 Å². The third-order valence-electron chi connectivity index (χ3n) is 4.59. The van der Waals surface area contributed by atoms with Crippen LogP contribution in [0.1, 0.15) is 5.69 Å². The zero-order chi connectivity index (χ0) is 17.2. The maximum Gasteiger partial charge on any atom is 0.228 e. The maximum atomic E-state index is 13.0. The van der Waals surface area contributed by atoms with Crippen LogP contribution in [0.2, 0.25) is 0 Å². The highest BCUT2D eigenvalue weighted by Gasteiger charge is 2.23. The Bertz CT molecular complexity index is 883. The van der Waals surface area contributed by atoms with Gasteiger partial charge in [-0.3, -0.25) is 4.79 Å². The summed E-state index contributed by atoms with van der Waals surface area (Å²) in [6.45, 7) is 2.76. The molecular formula is C19H18FN3O2. The number of piperazine rings is 1. The molecule has 2 heterocycles. The summed E-state index contributed by atoms with van der Waals surface area (Å²) >= 11 is 0. The molecule has 0 N–H and O–H groups in total. The Labute approximate surface area is 144 Å². The summed E-state index contributed by atoms with van der Waals surface area (Å²) in [5.74, 6) is -0.185. The van der Waals surface area contributed by atoms with Crippen LogP contribution < -0.4 is 4.90 Å². The minimum Gasteiger partial charge on any atom is -0.368 e.